The number of aromatic nitrogens is 2. The lowest BCUT2D eigenvalue weighted by Gasteiger charge is -2.21. The molecule has 2 rings (SSSR count). The Bertz CT molecular complexity index is 502. The molecule has 0 aliphatic carbocycles. The van der Waals surface area contributed by atoms with Gasteiger partial charge in [-0.15, -0.1) is 0 Å². The number of nitrogens with zero attached hydrogens (tertiary/aromatic N) is 3. The topological polar surface area (TPSA) is 54.2 Å². The third-order valence-corrected chi connectivity index (χ3v) is 3.02. The Morgan fingerprint density at radius 3 is 2.37 bits per heavy atom. The molecule has 1 heterocycles. The normalized spacial score (nSPS) is 10.5. The molecule has 0 unspecified atom stereocenters. The first kappa shape index (κ1) is 13.4. The highest BCUT2D eigenvalue weighted by Crippen LogP contribution is 2.17. The maximum atomic E-state index is 4.92. The van der Waals surface area contributed by atoms with Gasteiger partial charge in [-0.05, 0) is 38.1 Å². The van der Waals surface area contributed by atoms with Crippen molar-refractivity contribution in [1.29, 1.82) is 0 Å². The summed E-state index contributed by atoms with van der Waals surface area (Å²) < 4.78 is 4.92. The molecule has 0 spiro atoms. The molecule has 5 heteroatoms. The van der Waals surface area contributed by atoms with Crippen molar-refractivity contribution in [2.24, 2.45) is 0 Å². The van der Waals surface area contributed by atoms with Crippen molar-refractivity contribution in [3.63, 3.8) is 0 Å². The van der Waals surface area contributed by atoms with Crippen LogP contribution in [0.1, 0.15) is 25.6 Å². The average Bonchev–Trinajstić information content (AvgIpc) is 2.85. The van der Waals surface area contributed by atoms with Gasteiger partial charge in [0, 0.05) is 31.4 Å². The molecule has 0 fully saturated rings. The van der Waals surface area contributed by atoms with Crippen molar-refractivity contribution >= 4 is 11.4 Å². The third-order valence-electron chi connectivity index (χ3n) is 3.02. The number of hydrogen-bond acceptors (Lipinski definition) is 5. The van der Waals surface area contributed by atoms with Crippen LogP contribution < -0.4 is 10.2 Å². The fourth-order valence-electron chi connectivity index (χ4n) is 1.97. The van der Waals surface area contributed by atoms with Crippen molar-refractivity contribution in [3.05, 3.63) is 36.0 Å². The van der Waals surface area contributed by atoms with E-state index >= 15 is 0 Å². The second-order valence-electron chi connectivity index (χ2n) is 4.30. The Hall–Kier alpha value is -2.04. The van der Waals surface area contributed by atoms with Crippen LogP contribution in [-0.2, 0) is 6.54 Å². The predicted octanol–water partition coefficient (Wildman–Crippen LogP) is 2.84. The number of benzene rings is 1. The Morgan fingerprint density at radius 2 is 1.84 bits per heavy atom. The molecular formula is C14H20N4O. The van der Waals surface area contributed by atoms with E-state index in [1.807, 2.05) is 0 Å². The van der Waals surface area contributed by atoms with Gasteiger partial charge in [0.05, 0.1) is 6.54 Å². The van der Waals surface area contributed by atoms with Crippen LogP contribution in [0.15, 0.2) is 28.8 Å². The van der Waals surface area contributed by atoms with Gasteiger partial charge in [-0.1, -0.05) is 5.16 Å². The van der Waals surface area contributed by atoms with Gasteiger partial charge in [0.1, 0.15) is 0 Å². The lowest BCUT2D eigenvalue weighted by molar-refractivity contribution is 0.388. The number of rotatable bonds is 6. The predicted molar refractivity (Wildman–Crippen MR) is 76.4 cm³/mol. The lowest BCUT2D eigenvalue weighted by atomic mass is 10.2. The Labute approximate surface area is 113 Å². The molecule has 1 aromatic carbocycles. The second kappa shape index (κ2) is 6.22. The molecule has 1 N–H and O–H groups in total. The molecule has 5 nitrogen and oxygen atoms in total. The standard InChI is InChI=1S/C14H20N4O/c1-4-18(5-2)13-8-6-12(7-9-13)15-10-14-16-11(3)19-17-14/h6-9,15H,4-5,10H2,1-3H3. The van der Waals surface area contributed by atoms with Crippen LogP contribution in [0.5, 0.6) is 0 Å². The van der Waals surface area contributed by atoms with Crippen molar-refractivity contribution < 1.29 is 4.52 Å². The van der Waals surface area contributed by atoms with E-state index in [1.165, 1.54) is 5.69 Å². The Kier molecular flexibility index (Phi) is 4.39. The van der Waals surface area contributed by atoms with Crippen LogP contribution in [-0.4, -0.2) is 23.2 Å². The summed E-state index contributed by atoms with van der Waals surface area (Å²) in [6, 6.07) is 8.38. The largest absolute Gasteiger partial charge is 0.378 e. The van der Waals surface area contributed by atoms with Crippen molar-refractivity contribution in [3.8, 4) is 0 Å². The smallest absolute Gasteiger partial charge is 0.223 e. The SMILES string of the molecule is CCN(CC)c1ccc(NCc2noc(C)n2)cc1. The first-order valence-corrected chi connectivity index (χ1v) is 6.61. The summed E-state index contributed by atoms with van der Waals surface area (Å²) in [7, 11) is 0. The molecule has 2 aromatic rings. The summed E-state index contributed by atoms with van der Waals surface area (Å²) in [5.41, 5.74) is 2.30. The van der Waals surface area contributed by atoms with Crippen LogP contribution in [0, 0.1) is 6.92 Å². The Morgan fingerprint density at radius 1 is 1.16 bits per heavy atom. The molecule has 0 saturated carbocycles. The van der Waals surface area contributed by atoms with Gasteiger partial charge in [-0.3, -0.25) is 0 Å². The van der Waals surface area contributed by atoms with Crippen LogP contribution in [0.3, 0.4) is 0 Å². The summed E-state index contributed by atoms with van der Waals surface area (Å²) in [5.74, 6) is 1.26. The van der Waals surface area contributed by atoms with E-state index in [9.17, 15) is 0 Å². The van der Waals surface area contributed by atoms with Crippen molar-refractivity contribution in [2.75, 3.05) is 23.3 Å². The fraction of sp³-hybridized carbons (Fsp3) is 0.429. The molecule has 0 amide bonds. The minimum atomic E-state index is 0.571. The lowest BCUT2D eigenvalue weighted by Crippen LogP contribution is -2.21. The van der Waals surface area contributed by atoms with Crippen molar-refractivity contribution in [2.45, 2.75) is 27.3 Å². The monoisotopic (exact) mass is 260 g/mol. The molecular weight excluding hydrogens is 240 g/mol. The molecule has 0 radical (unpaired) electrons. The van der Waals surface area contributed by atoms with Crippen LogP contribution in [0.4, 0.5) is 11.4 Å². The Balaban J connectivity index is 1.95. The highest BCUT2D eigenvalue weighted by atomic mass is 16.5. The molecule has 0 bridgehead atoms. The average molecular weight is 260 g/mol. The van der Waals surface area contributed by atoms with E-state index in [0.717, 1.165) is 18.8 Å². The zero-order valence-electron chi connectivity index (χ0n) is 11.7. The summed E-state index contributed by atoms with van der Waals surface area (Å²) in [6.45, 7) is 8.72. The quantitative estimate of drug-likeness (QED) is 0.865. The first-order chi connectivity index (χ1) is 9.22. The number of hydrogen-bond donors (Lipinski definition) is 1. The zero-order chi connectivity index (χ0) is 13.7. The van der Waals surface area contributed by atoms with Crippen LogP contribution in [0.25, 0.3) is 0 Å². The highest BCUT2D eigenvalue weighted by Gasteiger charge is 2.03. The fourth-order valence-corrected chi connectivity index (χ4v) is 1.97. The van der Waals surface area contributed by atoms with E-state index in [0.29, 0.717) is 18.3 Å². The first-order valence-electron chi connectivity index (χ1n) is 6.61. The minimum absolute atomic E-state index is 0.571. The van der Waals surface area contributed by atoms with Gasteiger partial charge in [-0.2, -0.15) is 4.98 Å². The number of nitrogens with one attached hydrogen (secondary N) is 1. The molecule has 102 valence electrons. The maximum absolute atomic E-state index is 4.92. The van der Waals surface area contributed by atoms with Gasteiger partial charge < -0.3 is 14.7 Å². The van der Waals surface area contributed by atoms with Gasteiger partial charge in [-0.25, -0.2) is 0 Å². The van der Waals surface area contributed by atoms with Gasteiger partial charge in [0.2, 0.25) is 5.89 Å². The minimum Gasteiger partial charge on any atom is -0.378 e. The molecule has 0 aliphatic heterocycles. The highest BCUT2D eigenvalue weighted by molar-refractivity contribution is 5.55. The van der Waals surface area contributed by atoms with Crippen LogP contribution >= 0.6 is 0 Å². The molecule has 0 atom stereocenters. The van der Waals surface area contributed by atoms with Gasteiger partial charge in [0.25, 0.3) is 0 Å². The zero-order valence-corrected chi connectivity index (χ0v) is 11.7. The van der Waals surface area contributed by atoms with E-state index in [1.54, 1.807) is 6.92 Å². The number of aryl methyl sites for hydroxylation is 1. The summed E-state index contributed by atoms with van der Waals surface area (Å²) in [5, 5.41) is 7.12. The van der Waals surface area contributed by atoms with E-state index in [4.69, 9.17) is 4.52 Å². The van der Waals surface area contributed by atoms with Crippen LogP contribution in [0.2, 0.25) is 0 Å². The molecule has 0 saturated heterocycles. The van der Waals surface area contributed by atoms with E-state index in [2.05, 4.69) is 58.5 Å². The second-order valence-corrected chi connectivity index (χ2v) is 4.30. The maximum Gasteiger partial charge on any atom is 0.223 e. The molecule has 19 heavy (non-hydrogen) atoms. The van der Waals surface area contributed by atoms with Crippen molar-refractivity contribution in [1.82, 2.24) is 10.1 Å². The molecule has 0 aliphatic rings. The van der Waals surface area contributed by atoms with E-state index in [-0.39, 0.29) is 0 Å². The summed E-state index contributed by atoms with van der Waals surface area (Å²) in [6.07, 6.45) is 0. The van der Waals surface area contributed by atoms with Gasteiger partial charge in [0.15, 0.2) is 5.82 Å². The summed E-state index contributed by atoms with van der Waals surface area (Å²) in [4.78, 5) is 6.46. The van der Waals surface area contributed by atoms with Gasteiger partial charge >= 0.3 is 0 Å². The summed E-state index contributed by atoms with van der Waals surface area (Å²) >= 11 is 0. The molecule has 1 aromatic heterocycles. The van der Waals surface area contributed by atoms with E-state index < -0.39 is 0 Å². The third kappa shape index (κ3) is 3.47. The number of anilines is 2.